The van der Waals surface area contributed by atoms with Crippen molar-refractivity contribution in [3.05, 3.63) is 29.3 Å². The number of ether oxygens (including phenoxy) is 1. The number of hydrogen-bond acceptors (Lipinski definition) is 2. The summed E-state index contributed by atoms with van der Waals surface area (Å²) in [6.45, 7) is 0.469. The largest absolute Gasteiger partial charge is 0.493 e. The molecule has 0 aromatic heterocycles. The molecule has 0 bridgehead atoms. The summed E-state index contributed by atoms with van der Waals surface area (Å²) in [4.78, 5) is 11.3. The van der Waals surface area contributed by atoms with Gasteiger partial charge in [0.1, 0.15) is 11.5 Å². The Bertz CT molecular complexity index is 341. The first-order valence-corrected chi connectivity index (χ1v) is 5.54. The molecule has 0 aliphatic heterocycles. The quantitative estimate of drug-likeness (QED) is 0.768. The van der Waals surface area contributed by atoms with Crippen LogP contribution in [0, 0.1) is 5.92 Å². The zero-order chi connectivity index (χ0) is 10.7. The highest BCUT2D eigenvalue weighted by Gasteiger charge is 2.28. The monoisotopic (exact) mass is 224 g/mol. The number of carbonyl (C=O) groups excluding carboxylic acids is 1. The Kier molecular flexibility index (Phi) is 3.27. The molecule has 2 nitrogen and oxygen atoms in total. The Hall–Kier alpha value is -1.02. The van der Waals surface area contributed by atoms with E-state index in [4.69, 9.17) is 16.3 Å². The average molecular weight is 225 g/mol. The second kappa shape index (κ2) is 4.67. The number of benzene rings is 1. The molecule has 1 aliphatic rings. The van der Waals surface area contributed by atoms with Crippen molar-refractivity contribution in [2.45, 2.75) is 19.3 Å². The summed E-state index contributed by atoms with van der Waals surface area (Å²) >= 11 is 5.74. The third-order valence-electron chi connectivity index (χ3n) is 2.46. The van der Waals surface area contributed by atoms with Crippen molar-refractivity contribution in [2.24, 2.45) is 5.92 Å². The van der Waals surface area contributed by atoms with Gasteiger partial charge in [-0.3, -0.25) is 4.79 Å². The predicted octanol–water partition coefficient (Wildman–Crippen LogP) is 3.09. The Morgan fingerprint density at radius 1 is 1.33 bits per heavy atom. The van der Waals surface area contributed by atoms with E-state index in [9.17, 15) is 4.79 Å². The lowest BCUT2D eigenvalue weighted by Crippen LogP contribution is -2.07. The average Bonchev–Trinajstić information content (AvgIpc) is 3.04. The van der Waals surface area contributed by atoms with Crippen LogP contribution < -0.4 is 4.74 Å². The van der Waals surface area contributed by atoms with Gasteiger partial charge in [-0.2, -0.15) is 0 Å². The molecule has 15 heavy (non-hydrogen) atoms. The third kappa shape index (κ3) is 3.24. The lowest BCUT2D eigenvalue weighted by Gasteiger charge is -2.04. The smallest absolute Gasteiger partial charge is 0.139 e. The first-order chi connectivity index (χ1) is 7.25. The summed E-state index contributed by atoms with van der Waals surface area (Å²) < 4.78 is 5.43. The van der Waals surface area contributed by atoms with Crippen LogP contribution in [0.3, 0.4) is 0 Å². The van der Waals surface area contributed by atoms with Crippen LogP contribution in [0.4, 0.5) is 0 Å². The highest BCUT2D eigenvalue weighted by atomic mass is 35.5. The molecular formula is C12H13ClO2. The van der Waals surface area contributed by atoms with Gasteiger partial charge in [-0.25, -0.2) is 0 Å². The van der Waals surface area contributed by atoms with Crippen molar-refractivity contribution in [2.75, 3.05) is 6.61 Å². The van der Waals surface area contributed by atoms with E-state index in [1.807, 2.05) is 12.1 Å². The van der Waals surface area contributed by atoms with Crippen molar-refractivity contribution in [3.8, 4) is 5.75 Å². The van der Waals surface area contributed by atoms with Crippen LogP contribution in [0.2, 0.25) is 5.02 Å². The Morgan fingerprint density at radius 3 is 2.60 bits per heavy atom. The molecule has 2 rings (SSSR count). The minimum absolute atomic E-state index is 0.332. The topological polar surface area (TPSA) is 26.3 Å². The molecule has 80 valence electrons. The number of rotatable bonds is 5. The second-order valence-electron chi connectivity index (χ2n) is 3.79. The van der Waals surface area contributed by atoms with Gasteiger partial charge in [-0.05, 0) is 37.1 Å². The maximum absolute atomic E-state index is 11.3. The van der Waals surface area contributed by atoms with Gasteiger partial charge in [0.25, 0.3) is 0 Å². The highest BCUT2D eigenvalue weighted by Crippen LogP contribution is 2.30. The van der Waals surface area contributed by atoms with Crippen molar-refractivity contribution in [3.63, 3.8) is 0 Å². The van der Waals surface area contributed by atoms with Crippen molar-refractivity contribution >= 4 is 17.4 Å². The van der Waals surface area contributed by atoms with Crippen LogP contribution in [0.25, 0.3) is 0 Å². The maximum atomic E-state index is 11.3. The molecule has 0 spiro atoms. The van der Waals surface area contributed by atoms with E-state index in [0.29, 0.717) is 29.8 Å². The van der Waals surface area contributed by atoms with Gasteiger partial charge in [0.05, 0.1) is 6.61 Å². The molecule has 0 heterocycles. The van der Waals surface area contributed by atoms with Crippen LogP contribution in [-0.4, -0.2) is 12.4 Å². The lowest BCUT2D eigenvalue weighted by atomic mass is 10.2. The van der Waals surface area contributed by atoms with E-state index in [0.717, 1.165) is 18.6 Å². The highest BCUT2D eigenvalue weighted by molar-refractivity contribution is 6.30. The van der Waals surface area contributed by atoms with Gasteiger partial charge in [-0.1, -0.05) is 11.6 Å². The minimum Gasteiger partial charge on any atom is -0.493 e. The first-order valence-electron chi connectivity index (χ1n) is 5.17. The number of halogens is 1. The van der Waals surface area contributed by atoms with Crippen LogP contribution >= 0.6 is 11.6 Å². The number of Topliss-reactive ketones (excluding diaryl/α,β-unsaturated/α-hetero) is 1. The van der Waals surface area contributed by atoms with Gasteiger partial charge in [0.2, 0.25) is 0 Å². The molecule has 0 N–H and O–H groups in total. The molecule has 1 aliphatic carbocycles. The molecule has 1 fully saturated rings. The molecule has 3 heteroatoms. The summed E-state index contributed by atoms with van der Waals surface area (Å²) in [6.07, 6.45) is 2.66. The zero-order valence-corrected chi connectivity index (χ0v) is 9.17. The van der Waals surface area contributed by atoms with Gasteiger partial charge in [-0.15, -0.1) is 0 Å². The SMILES string of the molecule is O=C(CCOc1ccc(Cl)cc1)C1CC1. The molecule has 1 aromatic rings. The third-order valence-corrected chi connectivity index (χ3v) is 2.72. The van der Waals surface area contributed by atoms with Crippen molar-refractivity contribution in [1.82, 2.24) is 0 Å². The normalized spacial score (nSPS) is 15.0. The Balaban J connectivity index is 1.73. The van der Waals surface area contributed by atoms with E-state index in [1.54, 1.807) is 12.1 Å². The van der Waals surface area contributed by atoms with E-state index >= 15 is 0 Å². The summed E-state index contributed by atoms with van der Waals surface area (Å²) in [5.41, 5.74) is 0. The maximum Gasteiger partial charge on any atom is 0.139 e. The Labute approximate surface area is 94.2 Å². The van der Waals surface area contributed by atoms with Crippen LogP contribution in [0.15, 0.2) is 24.3 Å². The summed E-state index contributed by atoms with van der Waals surface area (Å²) in [7, 11) is 0. The fourth-order valence-corrected chi connectivity index (χ4v) is 1.54. The number of hydrogen-bond donors (Lipinski definition) is 0. The van der Waals surface area contributed by atoms with Crippen LogP contribution in [0.5, 0.6) is 5.75 Å². The van der Waals surface area contributed by atoms with E-state index in [-0.39, 0.29) is 0 Å². The molecule has 0 saturated heterocycles. The molecule has 0 unspecified atom stereocenters. The van der Waals surface area contributed by atoms with Crippen LogP contribution in [0.1, 0.15) is 19.3 Å². The molecular weight excluding hydrogens is 212 g/mol. The predicted molar refractivity (Wildman–Crippen MR) is 59.3 cm³/mol. The standard InChI is InChI=1S/C12H13ClO2/c13-10-3-5-11(6-4-10)15-8-7-12(14)9-1-2-9/h3-6,9H,1-2,7-8H2. The van der Waals surface area contributed by atoms with E-state index in [2.05, 4.69) is 0 Å². The molecule has 1 saturated carbocycles. The van der Waals surface area contributed by atoms with Gasteiger partial charge >= 0.3 is 0 Å². The summed E-state index contributed by atoms with van der Waals surface area (Å²) in [5.74, 6) is 1.44. The van der Waals surface area contributed by atoms with Gasteiger partial charge < -0.3 is 4.74 Å². The van der Waals surface area contributed by atoms with E-state index in [1.165, 1.54) is 0 Å². The Morgan fingerprint density at radius 2 is 2.00 bits per heavy atom. The first kappa shape index (κ1) is 10.5. The fourth-order valence-electron chi connectivity index (χ4n) is 1.41. The minimum atomic E-state index is 0.332. The molecule has 1 aromatic carbocycles. The van der Waals surface area contributed by atoms with Gasteiger partial charge in [0, 0.05) is 17.4 Å². The summed E-state index contributed by atoms with van der Waals surface area (Å²) in [5, 5.41) is 0.691. The molecule has 0 amide bonds. The van der Waals surface area contributed by atoms with Crippen LogP contribution in [-0.2, 0) is 4.79 Å². The van der Waals surface area contributed by atoms with Crippen molar-refractivity contribution < 1.29 is 9.53 Å². The van der Waals surface area contributed by atoms with Gasteiger partial charge in [0.15, 0.2) is 0 Å². The molecule has 0 radical (unpaired) electrons. The lowest BCUT2D eigenvalue weighted by molar-refractivity contribution is -0.120. The number of ketones is 1. The number of carbonyl (C=O) groups is 1. The summed E-state index contributed by atoms with van der Waals surface area (Å²) in [6, 6.07) is 7.17. The fraction of sp³-hybridized carbons (Fsp3) is 0.417. The van der Waals surface area contributed by atoms with E-state index < -0.39 is 0 Å². The molecule has 0 atom stereocenters. The zero-order valence-electron chi connectivity index (χ0n) is 8.41. The second-order valence-corrected chi connectivity index (χ2v) is 4.23. The van der Waals surface area contributed by atoms with Crippen molar-refractivity contribution in [1.29, 1.82) is 0 Å².